The number of benzene rings is 2. The van der Waals surface area contributed by atoms with Gasteiger partial charge in [0.2, 0.25) is 0 Å². The van der Waals surface area contributed by atoms with Crippen LogP contribution in [0.5, 0.6) is 0 Å². The summed E-state index contributed by atoms with van der Waals surface area (Å²) in [5, 5.41) is 9.24. The van der Waals surface area contributed by atoms with E-state index in [2.05, 4.69) is 37.1 Å². The molecule has 0 saturated carbocycles. The van der Waals surface area contributed by atoms with Crippen LogP contribution in [0.3, 0.4) is 0 Å². The van der Waals surface area contributed by atoms with Gasteiger partial charge in [-0.25, -0.2) is 9.82 Å². The molecule has 8 heteroatoms. The second-order valence-corrected chi connectivity index (χ2v) is 6.58. The Morgan fingerprint density at radius 1 is 1.12 bits per heavy atom. The van der Waals surface area contributed by atoms with Crippen molar-refractivity contribution in [3.63, 3.8) is 0 Å². The zero-order valence-corrected chi connectivity index (χ0v) is 15.8. The molecule has 0 radical (unpaired) electrons. The third-order valence-corrected chi connectivity index (χ3v) is 3.65. The summed E-state index contributed by atoms with van der Waals surface area (Å²) in [6.07, 6.45) is 1.37. The first-order valence-corrected chi connectivity index (χ1v) is 8.61. The van der Waals surface area contributed by atoms with Crippen LogP contribution < -0.4 is 16.1 Å². The van der Waals surface area contributed by atoms with E-state index in [1.165, 1.54) is 12.3 Å². The highest BCUT2D eigenvalue weighted by atomic mass is 79.9. The first-order chi connectivity index (χ1) is 12.4. The lowest BCUT2D eigenvalue weighted by Gasteiger charge is -2.11. The number of para-hydroxylation sites is 1. The highest BCUT2D eigenvalue weighted by molar-refractivity contribution is 9.10. The normalized spacial score (nSPS) is 10.8. The second kappa shape index (κ2) is 9.10. The van der Waals surface area contributed by atoms with E-state index in [0.717, 1.165) is 4.47 Å². The molecule has 0 heterocycles. The smallest absolute Gasteiger partial charge is 0.329 e. The van der Waals surface area contributed by atoms with Gasteiger partial charge in [-0.2, -0.15) is 5.10 Å². The molecule has 6 nitrogen and oxygen atoms in total. The largest absolute Gasteiger partial charge is 0.353 e. The lowest BCUT2D eigenvalue weighted by atomic mass is 10.2. The topological polar surface area (TPSA) is 82.6 Å². The van der Waals surface area contributed by atoms with Gasteiger partial charge in [0.15, 0.2) is 0 Å². The number of carbonyl (C=O) groups is 2. The summed E-state index contributed by atoms with van der Waals surface area (Å²) in [7, 11) is 0. The predicted molar refractivity (Wildman–Crippen MR) is 103 cm³/mol. The molecule has 136 valence electrons. The van der Waals surface area contributed by atoms with E-state index in [1.807, 2.05) is 0 Å². The minimum absolute atomic E-state index is 0.154. The van der Waals surface area contributed by atoms with E-state index in [-0.39, 0.29) is 6.04 Å². The molecule has 0 saturated heterocycles. The van der Waals surface area contributed by atoms with Crippen LogP contribution in [0.25, 0.3) is 0 Å². The minimum Gasteiger partial charge on any atom is -0.353 e. The number of anilines is 2. The van der Waals surface area contributed by atoms with Crippen molar-refractivity contribution in [2.24, 2.45) is 5.10 Å². The average molecular weight is 421 g/mol. The summed E-state index contributed by atoms with van der Waals surface area (Å²) in [6.45, 7) is 3.49. The van der Waals surface area contributed by atoms with Crippen molar-refractivity contribution in [2.75, 3.05) is 5.32 Å². The van der Waals surface area contributed by atoms with Crippen molar-refractivity contribution in [3.8, 4) is 0 Å². The number of nitrogens with one attached hydrogen (secondary N) is 3. The average Bonchev–Trinajstić information content (AvgIpc) is 2.58. The van der Waals surface area contributed by atoms with Crippen LogP contribution in [0.15, 0.2) is 52.0 Å². The predicted octanol–water partition coefficient (Wildman–Crippen LogP) is 3.31. The Labute approximate surface area is 159 Å². The monoisotopic (exact) mass is 420 g/mol. The molecule has 2 aromatic carbocycles. The van der Waals surface area contributed by atoms with E-state index >= 15 is 0 Å². The number of rotatable bonds is 5. The van der Waals surface area contributed by atoms with Crippen molar-refractivity contribution < 1.29 is 14.0 Å². The standard InChI is InChI=1S/C18H18BrFN4O2/c1-11(2)22-17(25)18(26)24-21-10-12-9-13(19)7-8-15(12)23-16-6-4-3-5-14(16)20/h3-11,23H,1-2H3,(H,22,25)(H,24,26)/b21-10-. The molecule has 2 amide bonds. The highest BCUT2D eigenvalue weighted by Gasteiger charge is 2.13. The maximum absolute atomic E-state index is 13.8. The fraction of sp³-hybridized carbons (Fsp3) is 0.167. The van der Waals surface area contributed by atoms with Gasteiger partial charge in [-0.05, 0) is 44.2 Å². The molecule has 0 fully saturated rings. The van der Waals surface area contributed by atoms with Gasteiger partial charge in [0, 0.05) is 21.8 Å². The number of hydrogen-bond donors (Lipinski definition) is 3. The molecule has 0 aliphatic heterocycles. The summed E-state index contributed by atoms with van der Waals surface area (Å²) in [6, 6.07) is 11.4. The fourth-order valence-electron chi connectivity index (χ4n) is 2.00. The molecule has 0 spiro atoms. The number of nitrogens with zero attached hydrogens (tertiary/aromatic N) is 1. The maximum Gasteiger partial charge on any atom is 0.329 e. The zero-order chi connectivity index (χ0) is 19.1. The van der Waals surface area contributed by atoms with E-state index in [4.69, 9.17) is 0 Å². The Morgan fingerprint density at radius 2 is 1.85 bits per heavy atom. The van der Waals surface area contributed by atoms with E-state index in [0.29, 0.717) is 16.9 Å². The minimum atomic E-state index is -0.867. The molecule has 0 aromatic heterocycles. The number of carbonyl (C=O) groups excluding carboxylic acids is 2. The summed E-state index contributed by atoms with van der Waals surface area (Å²) in [4.78, 5) is 23.2. The molecular weight excluding hydrogens is 403 g/mol. The Morgan fingerprint density at radius 3 is 2.54 bits per heavy atom. The van der Waals surface area contributed by atoms with Crippen LogP contribution in [0, 0.1) is 5.82 Å². The molecule has 0 atom stereocenters. The van der Waals surface area contributed by atoms with Crippen LogP contribution in [0.1, 0.15) is 19.4 Å². The molecule has 2 rings (SSSR count). The van der Waals surface area contributed by atoms with Crippen LogP contribution >= 0.6 is 15.9 Å². The highest BCUT2D eigenvalue weighted by Crippen LogP contribution is 2.24. The van der Waals surface area contributed by atoms with E-state index in [9.17, 15) is 14.0 Å². The summed E-state index contributed by atoms with van der Waals surface area (Å²) >= 11 is 3.35. The van der Waals surface area contributed by atoms with Gasteiger partial charge in [0.1, 0.15) is 5.82 Å². The van der Waals surface area contributed by atoms with Gasteiger partial charge >= 0.3 is 11.8 Å². The SMILES string of the molecule is CC(C)NC(=O)C(=O)N/N=C\c1cc(Br)ccc1Nc1ccccc1F. The molecule has 2 aromatic rings. The molecule has 26 heavy (non-hydrogen) atoms. The first-order valence-electron chi connectivity index (χ1n) is 7.82. The van der Waals surface area contributed by atoms with Gasteiger partial charge in [-0.3, -0.25) is 9.59 Å². The number of hydrazone groups is 1. The molecule has 0 bridgehead atoms. The van der Waals surface area contributed by atoms with Crippen LogP contribution in [0.4, 0.5) is 15.8 Å². The van der Waals surface area contributed by atoms with E-state index in [1.54, 1.807) is 50.2 Å². The van der Waals surface area contributed by atoms with Crippen LogP contribution in [0.2, 0.25) is 0 Å². The fourth-order valence-corrected chi connectivity index (χ4v) is 2.38. The van der Waals surface area contributed by atoms with E-state index < -0.39 is 17.6 Å². The Bertz CT molecular complexity index is 840. The summed E-state index contributed by atoms with van der Waals surface area (Å²) in [5.41, 5.74) is 3.65. The van der Waals surface area contributed by atoms with Crippen molar-refractivity contribution in [1.82, 2.24) is 10.7 Å². The van der Waals surface area contributed by atoms with Crippen LogP contribution in [-0.4, -0.2) is 24.1 Å². The zero-order valence-electron chi connectivity index (χ0n) is 14.2. The van der Waals surface area contributed by atoms with Gasteiger partial charge in [-0.15, -0.1) is 0 Å². The van der Waals surface area contributed by atoms with Crippen molar-refractivity contribution >= 4 is 45.3 Å². The van der Waals surface area contributed by atoms with Crippen molar-refractivity contribution in [3.05, 3.63) is 58.3 Å². The van der Waals surface area contributed by atoms with Crippen molar-refractivity contribution in [2.45, 2.75) is 19.9 Å². The first kappa shape index (κ1) is 19.6. The quantitative estimate of drug-likeness (QED) is 0.394. The molecule has 3 N–H and O–H groups in total. The third kappa shape index (κ3) is 5.66. The Balaban J connectivity index is 2.13. The second-order valence-electron chi connectivity index (χ2n) is 5.66. The molecule has 0 aliphatic rings. The summed E-state index contributed by atoms with van der Waals surface area (Å²) < 4.78 is 14.6. The maximum atomic E-state index is 13.8. The molecular formula is C18H18BrFN4O2. The van der Waals surface area contributed by atoms with Crippen molar-refractivity contribution in [1.29, 1.82) is 0 Å². The number of halogens is 2. The number of amides is 2. The Kier molecular flexibility index (Phi) is 6.85. The van der Waals surface area contributed by atoms with Gasteiger partial charge in [0.05, 0.1) is 11.9 Å². The molecule has 0 unspecified atom stereocenters. The van der Waals surface area contributed by atoms with Crippen LogP contribution in [-0.2, 0) is 9.59 Å². The van der Waals surface area contributed by atoms with Gasteiger partial charge < -0.3 is 10.6 Å². The lowest BCUT2D eigenvalue weighted by molar-refractivity contribution is -0.139. The lowest BCUT2D eigenvalue weighted by Crippen LogP contribution is -2.41. The molecule has 0 aliphatic carbocycles. The third-order valence-electron chi connectivity index (χ3n) is 3.15. The summed E-state index contributed by atoms with van der Waals surface area (Å²) in [5.74, 6) is -2.03. The van der Waals surface area contributed by atoms with Gasteiger partial charge in [0.25, 0.3) is 0 Å². The Hall–Kier alpha value is -2.74. The van der Waals surface area contributed by atoms with Gasteiger partial charge in [-0.1, -0.05) is 28.1 Å². The number of hydrogen-bond acceptors (Lipinski definition) is 4.